The van der Waals surface area contributed by atoms with Crippen molar-refractivity contribution in [2.24, 2.45) is 5.92 Å². The zero-order chi connectivity index (χ0) is 18.8. The highest BCUT2D eigenvalue weighted by Gasteiger charge is 2.22. The number of fused-ring (bicyclic) bond motifs is 1. The fourth-order valence-electron chi connectivity index (χ4n) is 3.10. The number of nitro groups is 1. The minimum Gasteiger partial charge on any atom is -0.497 e. The summed E-state index contributed by atoms with van der Waals surface area (Å²) >= 11 is 0. The van der Waals surface area contributed by atoms with Gasteiger partial charge in [-0.3, -0.25) is 10.1 Å². The molecule has 0 bridgehead atoms. The molecule has 0 spiro atoms. The molecule has 0 unspecified atom stereocenters. The average Bonchev–Trinajstić information content (AvgIpc) is 2.98. The summed E-state index contributed by atoms with van der Waals surface area (Å²) in [5, 5.41) is 16.2. The van der Waals surface area contributed by atoms with Gasteiger partial charge in [-0.05, 0) is 36.5 Å². The summed E-state index contributed by atoms with van der Waals surface area (Å²) < 4.78 is 12.8. The van der Waals surface area contributed by atoms with Crippen molar-refractivity contribution >= 4 is 16.7 Å². The van der Waals surface area contributed by atoms with Gasteiger partial charge in [-0.25, -0.2) is 9.67 Å². The van der Waals surface area contributed by atoms with Crippen molar-refractivity contribution in [2.75, 3.05) is 13.7 Å². The van der Waals surface area contributed by atoms with E-state index >= 15 is 0 Å². The van der Waals surface area contributed by atoms with Crippen LogP contribution in [0, 0.1) is 16.0 Å². The number of aromatic nitrogens is 3. The molecule has 27 heavy (non-hydrogen) atoms. The van der Waals surface area contributed by atoms with Crippen molar-refractivity contribution in [1.29, 1.82) is 0 Å². The molecule has 140 valence electrons. The molecule has 4 rings (SSSR count). The van der Waals surface area contributed by atoms with E-state index in [-0.39, 0.29) is 5.69 Å². The molecular formula is C19H20N4O4. The minimum absolute atomic E-state index is 0.0695. The number of hydrogen-bond donors (Lipinski definition) is 0. The Balaban J connectivity index is 1.66. The Kier molecular flexibility index (Phi) is 4.62. The van der Waals surface area contributed by atoms with Gasteiger partial charge < -0.3 is 9.47 Å². The van der Waals surface area contributed by atoms with E-state index in [1.54, 1.807) is 11.8 Å². The van der Waals surface area contributed by atoms with Crippen LogP contribution in [0.3, 0.4) is 0 Å². The number of nitrogens with zero attached hydrogens (tertiary/aromatic N) is 4. The number of benzene rings is 1. The van der Waals surface area contributed by atoms with E-state index in [0.717, 1.165) is 24.2 Å². The number of pyridine rings is 1. The van der Waals surface area contributed by atoms with Crippen LogP contribution in [0.15, 0.2) is 36.5 Å². The van der Waals surface area contributed by atoms with E-state index in [0.29, 0.717) is 36.0 Å². The molecule has 0 N–H and O–H groups in total. The van der Waals surface area contributed by atoms with Crippen LogP contribution in [-0.4, -0.2) is 33.4 Å². The van der Waals surface area contributed by atoms with Gasteiger partial charge in [0.1, 0.15) is 11.9 Å². The highest BCUT2D eigenvalue weighted by Crippen LogP contribution is 2.31. The number of methoxy groups -OCH3 is 1. The third kappa shape index (κ3) is 3.55. The van der Waals surface area contributed by atoms with Crippen LogP contribution in [-0.2, 0) is 6.54 Å². The van der Waals surface area contributed by atoms with Crippen LogP contribution in [0.5, 0.6) is 11.6 Å². The van der Waals surface area contributed by atoms with Crippen molar-refractivity contribution in [2.45, 2.75) is 25.8 Å². The lowest BCUT2D eigenvalue weighted by Crippen LogP contribution is -2.19. The van der Waals surface area contributed by atoms with Crippen LogP contribution in [0.1, 0.15) is 24.8 Å². The maximum absolute atomic E-state index is 11.1. The van der Waals surface area contributed by atoms with E-state index in [2.05, 4.69) is 10.1 Å². The van der Waals surface area contributed by atoms with Gasteiger partial charge in [-0.2, -0.15) is 0 Å². The van der Waals surface area contributed by atoms with Gasteiger partial charge in [0.2, 0.25) is 5.88 Å². The Morgan fingerprint density at radius 1 is 1.30 bits per heavy atom. The maximum atomic E-state index is 11.1. The SMILES string of the molecule is COc1ccc(Cn2nc(OCC3CCC3)c3cc([N+](=O)[O-])cnc32)cc1. The number of hydrogen-bond acceptors (Lipinski definition) is 6. The highest BCUT2D eigenvalue weighted by molar-refractivity contribution is 5.83. The minimum atomic E-state index is -0.455. The summed E-state index contributed by atoms with van der Waals surface area (Å²) in [6, 6.07) is 9.15. The van der Waals surface area contributed by atoms with Crippen LogP contribution in [0.4, 0.5) is 5.69 Å². The summed E-state index contributed by atoms with van der Waals surface area (Å²) in [4.78, 5) is 14.9. The van der Waals surface area contributed by atoms with Crippen LogP contribution in [0.25, 0.3) is 11.0 Å². The normalized spacial score (nSPS) is 14.1. The molecule has 0 aliphatic heterocycles. The molecule has 0 atom stereocenters. The van der Waals surface area contributed by atoms with Gasteiger partial charge in [0.05, 0.1) is 30.6 Å². The zero-order valence-corrected chi connectivity index (χ0v) is 15.0. The second-order valence-corrected chi connectivity index (χ2v) is 6.74. The van der Waals surface area contributed by atoms with E-state index in [1.807, 2.05) is 24.3 Å². The summed E-state index contributed by atoms with van der Waals surface area (Å²) in [6.45, 7) is 1.06. The topological polar surface area (TPSA) is 92.3 Å². The molecule has 8 nitrogen and oxygen atoms in total. The largest absolute Gasteiger partial charge is 0.497 e. The first-order valence-corrected chi connectivity index (χ1v) is 8.90. The molecule has 0 saturated heterocycles. The van der Waals surface area contributed by atoms with Crippen LogP contribution in [0.2, 0.25) is 0 Å². The van der Waals surface area contributed by atoms with Gasteiger partial charge in [0, 0.05) is 6.07 Å². The van der Waals surface area contributed by atoms with Crippen LogP contribution >= 0.6 is 0 Å². The van der Waals surface area contributed by atoms with Gasteiger partial charge in [-0.15, -0.1) is 5.10 Å². The molecule has 2 aromatic heterocycles. The van der Waals surface area contributed by atoms with Gasteiger partial charge in [-0.1, -0.05) is 18.6 Å². The predicted octanol–water partition coefficient (Wildman–Crippen LogP) is 3.58. The molecule has 1 aliphatic rings. The monoisotopic (exact) mass is 368 g/mol. The van der Waals surface area contributed by atoms with Gasteiger partial charge in [0.25, 0.3) is 5.69 Å². The van der Waals surface area contributed by atoms with E-state index in [4.69, 9.17) is 9.47 Å². The smallest absolute Gasteiger partial charge is 0.288 e. The molecule has 3 aromatic rings. The van der Waals surface area contributed by atoms with Crippen molar-refractivity contribution in [3.05, 3.63) is 52.2 Å². The Bertz CT molecular complexity index is 964. The molecular weight excluding hydrogens is 348 g/mol. The lowest BCUT2D eigenvalue weighted by Gasteiger charge is -2.24. The summed E-state index contributed by atoms with van der Waals surface area (Å²) in [5.41, 5.74) is 1.52. The molecule has 2 heterocycles. The molecule has 8 heteroatoms. The lowest BCUT2D eigenvalue weighted by molar-refractivity contribution is -0.385. The van der Waals surface area contributed by atoms with Crippen LogP contribution < -0.4 is 9.47 Å². The Morgan fingerprint density at radius 2 is 2.07 bits per heavy atom. The van der Waals surface area contributed by atoms with E-state index in [1.165, 1.54) is 18.7 Å². The molecule has 1 saturated carbocycles. The van der Waals surface area contributed by atoms with Gasteiger partial charge >= 0.3 is 0 Å². The van der Waals surface area contributed by atoms with Crippen molar-refractivity contribution in [1.82, 2.24) is 14.8 Å². The second kappa shape index (κ2) is 7.22. The number of ether oxygens (including phenoxy) is 2. The predicted molar refractivity (Wildman–Crippen MR) is 99.1 cm³/mol. The third-order valence-electron chi connectivity index (χ3n) is 4.92. The summed E-state index contributed by atoms with van der Waals surface area (Å²) in [7, 11) is 1.62. The van der Waals surface area contributed by atoms with Crippen molar-refractivity contribution in [3.8, 4) is 11.6 Å². The second-order valence-electron chi connectivity index (χ2n) is 6.74. The zero-order valence-electron chi connectivity index (χ0n) is 15.0. The quantitative estimate of drug-likeness (QED) is 0.467. The first-order valence-electron chi connectivity index (χ1n) is 8.90. The Labute approximate surface area is 155 Å². The van der Waals surface area contributed by atoms with E-state index in [9.17, 15) is 10.1 Å². The lowest BCUT2D eigenvalue weighted by atomic mass is 9.86. The average molecular weight is 368 g/mol. The fourth-order valence-corrected chi connectivity index (χ4v) is 3.10. The maximum Gasteiger partial charge on any atom is 0.288 e. The molecule has 1 fully saturated rings. The highest BCUT2D eigenvalue weighted by atomic mass is 16.6. The summed E-state index contributed by atoms with van der Waals surface area (Å²) in [5.74, 6) is 1.72. The molecule has 1 aliphatic carbocycles. The first-order chi connectivity index (χ1) is 13.1. The van der Waals surface area contributed by atoms with Crippen molar-refractivity contribution < 1.29 is 14.4 Å². The van der Waals surface area contributed by atoms with E-state index < -0.39 is 4.92 Å². The summed E-state index contributed by atoms with van der Waals surface area (Å²) in [6.07, 6.45) is 4.80. The molecule has 1 aromatic carbocycles. The third-order valence-corrected chi connectivity index (χ3v) is 4.92. The molecule has 0 amide bonds. The Hall–Kier alpha value is -3.16. The Morgan fingerprint density at radius 3 is 2.70 bits per heavy atom. The van der Waals surface area contributed by atoms with Crippen molar-refractivity contribution in [3.63, 3.8) is 0 Å². The molecule has 0 radical (unpaired) electrons. The standard InChI is InChI=1S/C19H20N4O4/c1-26-16-7-5-13(6-8-16)11-22-18-17(9-15(10-20-18)23(24)25)19(21-22)27-12-14-3-2-4-14/h5-10,14H,2-4,11-12H2,1H3. The fraction of sp³-hybridized carbons (Fsp3) is 0.368. The van der Waals surface area contributed by atoms with Gasteiger partial charge in [0.15, 0.2) is 5.65 Å². The number of rotatable bonds is 7. The first kappa shape index (κ1) is 17.3.